The molecule has 1 saturated carbocycles. The van der Waals surface area contributed by atoms with Crippen LogP contribution in [0.5, 0.6) is 0 Å². The standard InChI is InChI=1S/C28H29N3O2/c1-27(2,3)33-26(32)30-28(15-7-16-28)22-10-12-23(13-11-22)31-24-14-17-29-19-21(24)18-25(31)20-8-5-4-6-9-20/h4-6,8-14,17-19H,7,15-16H2,1-3H3,(H,30,32). The van der Waals surface area contributed by atoms with Crippen LogP contribution >= 0.6 is 0 Å². The smallest absolute Gasteiger partial charge is 0.408 e. The van der Waals surface area contributed by atoms with Gasteiger partial charge in [0.05, 0.1) is 16.7 Å². The molecule has 2 aromatic heterocycles. The summed E-state index contributed by atoms with van der Waals surface area (Å²) < 4.78 is 7.79. The van der Waals surface area contributed by atoms with E-state index >= 15 is 0 Å². The fourth-order valence-corrected chi connectivity index (χ4v) is 4.60. The first-order valence-electron chi connectivity index (χ1n) is 11.5. The van der Waals surface area contributed by atoms with E-state index in [9.17, 15) is 4.79 Å². The topological polar surface area (TPSA) is 56.1 Å². The van der Waals surface area contributed by atoms with Gasteiger partial charge in [-0.25, -0.2) is 4.79 Å². The molecule has 0 bridgehead atoms. The number of carbonyl (C=O) groups is 1. The van der Waals surface area contributed by atoms with E-state index in [4.69, 9.17) is 4.74 Å². The third kappa shape index (κ3) is 4.11. The first-order valence-corrected chi connectivity index (χ1v) is 11.5. The maximum absolute atomic E-state index is 12.5. The molecule has 1 aliphatic rings. The van der Waals surface area contributed by atoms with Crippen LogP contribution in [0.15, 0.2) is 79.1 Å². The second-order valence-corrected chi connectivity index (χ2v) is 9.77. The Kier molecular flexibility index (Phi) is 5.20. The molecule has 1 aliphatic carbocycles. The maximum Gasteiger partial charge on any atom is 0.408 e. The van der Waals surface area contributed by atoms with Gasteiger partial charge in [0.1, 0.15) is 5.60 Å². The molecule has 0 radical (unpaired) electrons. The van der Waals surface area contributed by atoms with Gasteiger partial charge in [-0.15, -0.1) is 0 Å². The van der Waals surface area contributed by atoms with Crippen LogP contribution in [0.2, 0.25) is 0 Å². The molecule has 33 heavy (non-hydrogen) atoms. The van der Waals surface area contributed by atoms with Gasteiger partial charge in [0.2, 0.25) is 0 Å². The molecule has 2 heterocycles. The van der Waals surface area contributed by atoms with Gasteiger partial charge in [-0.1, -0.05) is 42.5 Å². The van der Waals surface area contributed by atoms with Gasteiger partial charge in [0, 0.05) is 23.5 Å². The Hall–Kier alpha value is -3.60. The van der Waals surface area contributed by atoms with Crippen LogP contribution < -0.4 is 5.32 Å². The maximum atomic E-state index is 12.5. The molecular formula is C28H29N3O2. The Labute approximate surface area is 194 Å². The van der Waals surface area contributed by atoms with Crippen molar-refractivity contribution in [2.24, 2.45) is 0 Å². The van der Waals surface area contributed by atoms with E-state index in [1.165, 1.54) is 0 Å². The van der Waals surface area contributed by atoms with Crippen molar-refractivity contribution in [3.63, 3.8) is 0 Å². The van der Waals surface area contributed by atoms with E-state index in [0.717, 1.165) is 52.7 Å². The van der Waals surface area contributed by atoms with Gasteiger partial charge in [0.15, 0.2) is 0 Å². The third-order valence-electron chi connectivity index (χ3n) is 6.30. The lowest BCUT2D eigenvalue weighted by Crippen LogP contribution is -2.52. The van der Waals surface area contributed by atoms with Crippen molar-refractivity contribution in [3.05, 3.63) is 84.7 Å². The van der Waals surface area contributed by atoms with Crippen LogP contribution in [0.1, 0.15) is 45.6 Å². The summed E-state index contributed by atoms with van der Waals surface area (Å²) in [5.74, 6) is 0. The number of nitrogens with one attached hydrogen (secondary N) is 1. The summed E-state index contributed by atoms with van der Waals surface area (Å²) in [5, 5.41) is 4.25. The Morgan fingerprint density at radius 1 is 1.03 bits per heavy atom. The minimum atomic E-state index is -0.517. The number of carbonyl (C=O) groups excluding carboxylic acids is 1. The predicted octanol–water partition coefficient (Wildman–Crippen LogP) is 6.60. The molecule has 0 aliphatic heterocycles. The Morgan fingerprint density at radius 2 is 1.76 bits per heavy atom. The van der Waals surface area contributed by atoms with E-state index in [1.807, 2.05) is 45.3 Å². The van der Waals surface area contributed by atoms with Crippen molar-refractivity contribution >= 4 is 17.0 Å². The summed E-state index contributed by atoms with van der Waals surface area (Å²) in [6.07, 6.45) is 6.29. The highest BCUT2D eigenvalue weighted by Gasteiger charge is 2.41. The molecule has 4 aromatic rings. The molecule has 5 nitrogen and oxygen atoms in total. The average Bonchev–Trinajstić information content (AvgIpc) is 3.15. The Balaban J connectivity index is 1.51. The monoisotopic (exact) mass is 439 g/mol. The number of nitrogens with zero attached hydrogens (tertiary/aromatic N) is 2. The van der Waals surface area contributed by atoms with Crippen LogP contribution in [0.4, 0.5) is 4.79 Å². The number of fused-ring (bicyclic) bond motifs is 1. The average molecular weight is 440 g/mol. The molecule has 2 aromatic carbocycles. The molecule has 0 atom stereocenters. The van der Waals surface area contributed by atoms with E-state index in [0.29, 0.717) is 0 Å². The number of aromatic nitrogens is 2. The van der Waals surface area contributed by atoms with Gasteiger partial charge in [-0.05, 0) is 75.4 Å². The first kappa shape index (κ1) is 21.3. The molecule has 1 fully saturated rings. The zero-order chi connectivity index (χ0) is 23.1. The van der Waals surface area contributed by atoms with Crippen molar-refractivity contribution < 1.29 is 9.53 Å². The highest BCUT2D eigenvalue weighted by molar-refractivity contribution is 5.88. The molecule has 168 valence electrons. The summed E-state index contributed by atoms with van der Waals surface area (Å²) in [5.41, 5.74) is 4.70. The Bertz CT molecular complexity index is 1280. The van der Waals surface area contributed by atoms with Crippen molar-refractivity contribution in [1.29, 1.82) is 0 Å². The molecule has 0 unspecified atom stereocenters. The minimum absolute atomic E-state index is 0.355. The summed E-state index contributed by atoms with van der Waals surface area (Å²) in [7, 11) is 0. The highest BCUT2D eigenvalue weighted by atomic mass is 16.6. The molecule has 1 amide bonds. The van der Waals surface area contributed by atoms with Gasteiger partial charge in [0.25, 0.3) is 0 Å². The molecule has 5 heteroatoms. The number of amides is 1. The third-order valence-corrected chi connectivity index (χ3v) is 6.30. The van der Waals surface area contributed by atoms with E-state index in [-0.39, 0.29) is 11.6 Å². The van der Waals surface area contributed by atoms with E-state index < -0.39 is 5.60 Å². The van der Waals surface area contributed by atoms with Gasteiger partial charge in [-0.2, -0.15) is 0 Å². The fourth-order valence-electron chi connectivity index (χ4n) is 4.60. The van der Waals surface area contributed by atoms with Crippen molar-refractivity contribution in [2.75, 3.05) is 0 Å². The van der Waals surface area contributed by atoms with Crippen LogP contribution in [0, 0.1) is 0 Å². The second-order valence-electron chi connectivity index (χ2n) is 9.77. The van der Waals surface area contributed by atoms with E-state index in [2.05, 4.69) is 69.5 Å². The zero-order valence-corrected chi connectivity index (χ0v) is 19.3. The van der Waals surface area contributed by atoms with Crippen molar-refractivity contribution in [1.82, 2.24) is 14.9 Å². The lowest BCUT2D eigenvalue weighted by molar-refractivity contribution is 0.0377. The Morgan fingerprint density at radius 3 is 2.39 bits per heavy atom. The fraction of sp³-hybridized carbons (Fsp3) is 0.286. The van der Waals surface area contributed by atoms with Crippen LogP contribution in [0.25, 0.3) is 27.8 Å². The number of alkyl carbamates (subject to hydrolysis) is 1. The number of benzene rings is 2. The first-order chi connectivity index (χ1) is 15.8. The van der Waals surface area contributed by atoms with Gasteiger partial charge < -0.3 is 14.6 Å². The number of hydrogen-bond acceptors (Lipinski definition) is 3. The van der Waals surface area contributed by atoms with Crippen LogP contribution in [0.3, 0.4) is 0 Å². The number of hydrogen-bond donors (Lipinski definition) is 1. The highest BCUT2D eigenvalue weighted by Crippen LogP contribution is 2.42. The SMILES string of the molecule is CC(C)(C)OC(=O)NC1(c2ccc(-n3c(-c4ccccc4)cc4cnccc43)cc2)CCC1. The number of ether oxygens (including phenoxy) is 1. The summed E-state index contributed by atoms with van der Waals surface area (Å²) in [6.45, 7) is 5.65. The molecule has 1 N–H and O–H groups in total. The quantitative estimate of drug-likeness (QED) is 0.390. The summed E-state index contributed by atoms with van der Waals surface area (Å²) >= 11 is 0. The van der Waals surface area contributed by atoms with Crippen LogP contribution in [-0.2, 0) is 10.3 Å². The summed E-state index contributed by atoms with van der Waals surface area (Å²) in [4.78, 5) is 16.8. The zero-order valence-electron chi connectivity index (χ0n) is 19.3. The molecule has 0 spiro atoms. The minimum Gasteiger partial charge on any atom is -0.444 e. The lowest BCUT2D eigenvalue weighted by Gasteiger charge is -2.43. The van der Waals surface area contributed by atoms with Gasteiger partial charge >= 0.3 is 6.09 Å². The molecular weight excluding hydrogens is 410 g/mol. The number of pyridine rings is 1. The predicted molar refractivity (Wildman–Crippen MR) is 131 cm³/mol. The largest absolute Gasteiger partial charge is 0.444 e. The second kappa shape index (κ2) is 8.07. The lowest BCUT2D eigenvalue weighted by atomic mass is 9.72. The van der Waals surface area contributed by atoms with Crippen molar-refractivity contribution in [2.45, 2.75) is 51.2 Å². The van der Waals surface area contributed by atoms with Gasteiger partial charge in [-0.3, -0.25) is 4.98 Å². The molecule has 5 rings (SSSR count). The van der Waals surface area contributed by atoms with Crippen LogP contribution in [-0.4, -0.2) is 21.2 Å². The number of rotatable bonds is 4. The van der Waals surface area contributed by atoms with E-state index in [1.54, 1.807) is 0 Å². The molecule has 0 saturated heterocycles. The normalized spacial score (nSPS) is 15.1. The van der Waals surface area contributed by atoms with Crippen molar-refractivity contribution in [3.8, 4) is 16.9 Å². The summed E-state index contributed by atoms with van der Waals surface area (Å²) in [6, 6.07) is 23.2.